The van der Waals surface area contributed by atoms with E-state index in [0.29, 0.717) is 22.4 Å². The van der Waals surface area contributed by atoms with Crippen LogP contribution in [-0.2, 0) is 0 Å². The zero-order chi connectivity index (χ0) is 14.7. The molecule has 0 spiro atoms. The standard InChI is InChI=1S/C14H12ClN3O2/c1-9(13-16-7-8-18(13)10(2)15)17-12-5-3-11(4-6-12)14(19)20/h3-8,17H,1-2H2,(H,19,20). The normalized spacial score (nSPS) is 10.1. The first-order valence-electron chi connectivity index (χ1n) is 5.67. The number of nitrogens with one attached hydrogen (secondary N) is 1. The van der Waals surface area contributed by atoms with E-state index in [1.807, 2.05) is 0 Å². The topological polar surface area (TPSA) is 67.2 Å². The van der Waals surface area contributed by atoms with Gasteiger partial charge < -0.3 is 10.4 Å². The molecule has 1 aromatic carbocycles. The molecule has 102 valence electrons. The number of carboxylic acid groups (broad SMARTS) is 1. The maximum Gasteiger partial charge on any atom is 0.335 e. The van der Waals surface area contributed by atoms with Crippen molar-refractivity contribution in [3.8, 4) is 0 Å². The third-order valence-electron chi connectivity index (χ3n) is 2.60. The molecule has 0 unspecified atom stereocenters. The van der Waals surface area contributed by atoms with E-state index >= 15 is 0 Å². The smallest absolute Gasteiger partial charge is 0.335 e. The van der Waals surface area contributed by atoms with Crippen LogP contribution < -0.4 is 5.32 Å². The number of carbonyl (C=O) groups is 1. The first-order valence-corrected chi connectivity index (χ1v) is 6.04. The van der Waals surface area contributed by atoms with Gasteiger partial charge in [-0.15, -0.1) is 0 Å². The van der Waals surface area contributed by atoms with Crippen LogP contribution in [0, 0.1) is 0 Å². The van der Waals surface area contributed by atoms with Crippen LogP contribution in [-0.4, -0.2) is 20.6 Å². The van der Waals surface area contributed by atoms with Gasteiger partial charge in [-0.2, -0.15) is 0 Å². The first kappa shape index (κ1) is 13.9. The number of anilines is 1. The molecule has 0 aliphatic carbocycles. The van der Waals surface area contributed by atoms with Gasteiger partial charge >= 0.3 is 5.97 Å². The average molecular weight is 290 g/mol. The fourth-order valence-corrected chi connectivity index (χ4v) is 1.79. The summed E-state index contributed by atoms with van der Waals surface area (Å²) in [6.45, 7) is 7.52. The van der Waals surface area contributed by atoms with Crippen LogP contribution in [0.25, 0.3) is 10.9 Å². The minimum atomic E-state index is -0.968. The summed E-state index contributed by atoms with van der Waals surface area (Å²) in [5.74, 6) is -0.434. The van der Waals surface area contributed by atoms with Crippen molar-refractivity contribution in [3.63, 3.8) is 0 Å². The van der Waals surface area contributed by atoms with Gasteiger partial charge in [0.25, 0.3) is 0 Å². The van der Waals surface area contributed by atoms with E-state index in [9.17, 15) is 4.79 Å². The maximum atomic E-state index is 10.8. The van der Waals surface area contributed by atoms with Gasteiger partial charge in [0.05, 0.1) is 11.3 Å². The molecule has 0 saturated heterocycles. The Balaban J connectivity index is 2.17. The minimum Gasteiger partial charge on any atom is -0.478 e. The van der Waals surface area contributed by atoms with Crippen molar-refractivity contribution < 1.29 is 9.90 Å². The molecule has 0 radical (unpaired) electrons. The molecule has 20 heavy (non-hydrogen) atoms. The van der Waals surface area contributed by atoms with Crippen LogP contribution in [0.2, 0.25) is 0 Å². The van der Waals surface area contributed by atoms with E-state index in [1.54, 1.807) is 29.1 Å². The lowest BCUT2D eigenvalue weighted by Gasteiger charge is -2.11. The quantitative estimate of drug-likeness (QED) is 0.886. The molecule has 1 aromatic heterocycles. The second-order valence-corrected chi connectivity index (χ2v) is 4.42. The second-order valence-electron chi connectivity index (χ2n) is 3.98. The molecule has 2 rings (SSSR count). The largest absolute Gasteiger partial charge is 0.478 e. The summed E-state index contributed by atoms with van der Waals surface area (Å²) in [6, 6.07) is 6.31. The van der Waals surface area contributed by atoms with Crippen molar-refractivity contribution in [3.05, 3.63) is 61.2 Å². The van der Waals surface area contributed by atoms with Crippen LogP contribution in [0.15, 0.2) is 49.8 Å². The van der Waals surface area contributed by atoms with Crippen molar-refractivity contribution in [2.45, 2.75) is 0 Å². The molecular formula is C14H12ClN3O2. The highest BCUT2D eigenvalue weighted by Gasteiger charge is 2.09. The van der Waals surface area contributed by atoms with Gasteiger partial charge in [0.2, 0.25) is 0 Å². The number of aromatic carboxylic acids is 1. The summed E-state index contributed by atoms with van der Waals surface area (Å²) in [5, 5.41) is 12.2. The molecule has 0 bridgehead atoms. The molecule has 2 N–H and O–H groups in total. The number of nitrogens with zero attached hydrogens (tertiary/aromatic N) is 2. The highest BCUT2D eigenvalue weighted by molar-refractivity contribution is 6.44. The van der Waals surface area contributed by atoms with E-state index in [2.05, 4.69) is 23.5 Å². The van der Waals surface area contributed by atoms with Gasteiger partial charge in [0, 0.05) is 18.1 Å². The van der Waals surface area contributed by atoms with Crippen LogP contribution in [0.1, 0.15) is 16.2 Å². The van der Waals surface area contributed by atoms with E-state index in [4.69, 9.17) is 16.7 Å². The predicted octanol–water partition coefficient (Wildman–Crippen LogP) is 3.33. The maximum absolute atomic E-state index is 10.8. The highest BCUT2D eigenvalue weighted by Crippen LogP contribution is 2.19. The fourth-order valence-electron chi connectivity index (χ4n) is 1.65. The second kappa shape index (κ2) is 5.63. The zero-order valence-electron chi connectivity index (χ0n) is 10.5. The van der Waals surface area contributed by atoms with Crippen LogP contribution >= 0.6 is 11.6 Å². The molecule has 0 amide bonds. The molecule has 2 aromatic rings. The Morgan fingerprint density at radius 2 is 1.95 bits per heavy atom. The van der Waals surface area contributed by atoms with Gasteiger partial charge in [-0.05, 0) is 24.3 Å². The molecule has 0 fully saturated rings. The summed E-state index contributed by atoms with van der Waals surface area (Å²) in [4.78, 5) is 14.9. The summed E-state index contributed by atoms with van der Waals surface area (Å²) in [7, 11) is 0. The number of halogens is 1. The Hall–Kier alpha value is -2.53. The Labute approximate surface area is 120 Å². The molecule has 0 aliphatic rings. The SMILES string of the molecule is C=C(Nc1ccc(C(=O)O)cc1)c1nccn1C(=C)Cl. The number of hydrogen-bond acceptors (Lipinski definition) is 3. The van der Waals surface area contributed by atoms with E-state index in [1.165, 1.54) is 12.1 Å². The molecular weight excluding hydrogens is 278 g/mol. The molecule has 5 nitrogen and oxygen atoms in total. The lowest BCUT2D eigenvalue weighted by molar-refractivity contribution is 0.0697. The third-order valence-corrected chi connectivity index (χ3v) is 2.78. The van der Waals surface area contributed by atoms with E-state index < -0.39 is 5.97 Å². The van der Waals surface area contributed by atoms with Gasteiger partial charge in [0.15, 0.2) is 5.82 Å². The zero-order valence-corrected chi connectivity index (χ0v) is 11.3. The Morgan fingerprint density at radius 3 is 2.50 bits per heavy atom. The molecule has 6 heteroatoms. The Bertz CT molecular complexity index is 674. The molecule has 1 heterocycles. The van der Waals surface area contributed by atoms with Crippen molar-refractivity contribution >= 4 is 34.1 Å². The van der Waals surface area contributed by atoms with Crippen LogP contribution in [0.5, 0.6) is 0 Å². The lowest BCUT2D eigenvalue weighted by atomic mass is 10.2. The Morgan fingerprint density at radius 1 is 1.30 bits per heavy atom. The fraction of sp³-hybridized carbons (Fsp3) is 0. The summed E-state index contributed by atoms with van der Waals surface area (Å²) < 4.78 is 1.59. The van der Waals surface area contributed by atoms with Crippen molar-refractivity contribution in [1.82, 2.24) is 9.55 Å². The van der Waals surface area contributed by atoms with Crippen LogP contribution in [0.3, 0.4) is 0 Å². The van der Waals surface area contributed by atoms with Crippen molar-refractivity contribution in [2.75, 3.05) is 5.32 Å². The van der Waals surface area contributed by atoms with Gasteiger partial charge in [-0.25, -0.2) is 9.78 Å². The molecule has 0 aliphatic heterocycles. The van der Waals surface area contributed by atoms with Gasteiger partial charge in [-0.1, -0.05) is 24.8 Å². The summed E-state index contributed by atoms with van der Waals surface area (Å²) in [5.41, 5.74) is 1.45. The molecule has 0 atom stereocenters. The summed E-state index contributed by atoms with van der Waals surface area (Å²) in [6.07, 6.45) is 3.26. The summed E-state index contributed by atoms with van der Waals surface area (Å²) >= 11 is 5.85. The number of imidazole rings is 1. The van der Waals surface area contributed by atoms with Crippen molar-refractivity contribution in [1.29, 1.82) is 0 Å². The lowest BCUT2D eigenvalue weighted by Crippen LogP contribution is -2.05. The number of aromatic nitrogens is 2. The molecule has 0 saturated carbocycles. The van der Waals surface area contributed by atoms with Crippen LogP contribution in [0.4, 0.5) is 5.69 Å². The van der Waals surface area contributed by atoms with E-state index in [-0.39, 0.29) is 5.56 Å². The highest BCUT2D eigenvalue weighted by atomic mass is 35.5. The minimum absolute atomic E-state index is 0.219. The predicted molar refractivity (Wildman–Crippen MR) is 79.5 cm³/mol. The third kappa shape index (κ3) is 2.89. The van der Waals surface area contributed by atoms with Gasteiger partial charge in [0.1, 0.15) is 5.16 Å². The number of benzene rings is 1. The average Bonchev–Trinajstić information content (AvgIpc) is 2.88. The first-order chi connectivity index (χ1) is 9.49. The van der Waals surface area contributed by atoms with Crippen molar-refractivity contribution in [2.24, 2.45) is 0 Å². The number of rotatable bonds is 5. The van der Waals surface area contributed by atoms with E-state index in [0.717, 1.165) is 0 Å². The number of carboxylic acids is 1. The van der Waals surface area contributed by atoms with Gasteiger partial charge in [-0.3, -0.25) is 4.57 Å². The Kier molecular flexibility index (Phi) is 3.91. The monoisotopic (exact) mass is 289 g/mol. The number of hydrogen-bond donors (Lipinski definition) is 2.